The van der Waals surface area contributed by atoms with Gasteiger partial charge in [-0.3, -0.25) is 4.79 Å². The Kier molecular flexibility index (Phi) is 8.54. The van der Waals surface area contributed by atoms with Gasteiger partial charge < -0.3 is 22.1 Å². The molecular formula is C19H28N4OS2. The maximum Gasteiger partial charge on any atom is 0.209 e. The number of anilines is 2. The lowest BCUT2D eigenvalue weighted by Gasteiger charge is -2.35. The van der Waals surface area contributed by atoms with Gasteiger partial charge in [0.05, 0.1) is 10.7 Å². The van der Waals surface area contributed by atoms with E-state index in [0.29, 0.717) is 5.25 Å². The number of nitrogen functional groups attached to an aromatic ring is 2. The molecule has 0 spiro atoms. The van der Waals surface area contributed by atoms with E-state index >= 15 is 0 Å². The molecule has 0 aliphatic carbocycles. The summed E-state index contributed by atoms with van der Waals surface area (Å²) in [6, 6.07) is 0. The number of carbonyl (C=O) groups is 1. The van der Waals surface area contributed by atoms with Crippen LogP contribution in [0.25, 0.3) is 5.57 Å². The number of hydrogen-bond acceptors (Lipinski definition) is 6. The summed E-state index contributed by atoms with van der Waals surface area (Å²) < 4.78 is 0. The number of hydrogen-bond donors (Lipinski definition) is 3. The van der Waals surface area contributed by atoms with Crippen LogP contribution in [-0.4, -0.2) is 29.6 Å². The number of allylic oxidation sites excluding steroid dienone is 5. The third-order valence-electron chi connectivity index (χ3n) is 3.89. The molecule has 6 N–H and O–H groups in total. The monoisotopic (exact) mass is 392 g/mol. The van der Waals surface area contributed by atoms with Crippen molar-refractivity contribution in [1.29, 1.82) is 0 Å². The largest absolute Gasteiger partial charge is 0.402 e. The molecule has 0 aromatic carbocycles. The maximum atomic E-state index is 10.3. The Balaban J connectivity index is 0.000000260. The molecule has 1 aromatic rings. The number of nitrogens with zero attached hydrogens (tertiary/aromatic N) is 1. The average Bonchev–Trinajstić information content (AvgIpc) is 2.80. The molecule has 26 heavy (non-hydrogen) atoms. The maximum absolute atomic E-state index is 10.3. The van der Waals surface area contributed by atoms with E-state index in [0.717, 1.165) is 56.8 Å². The molecule has 0 radical (unpaired) electrons. The van der Waals surface area contributed by atoms with E-state index in [1.165, 1.54) is 11.3 Å². The summed E-state index contributed by atoms with van der Waals surface area (Å²) in [4.78, 5) is 14.1. The van der Waals surface area contributed by atoms with Crippen LogP contribution in [0.2, 0.25) is 0 Å². The van der Waals surface area contributed by atoms with Crippen molar-refractivity contribution in [3.63, 3.8) is 0 Å². The first-order valence-corrected chi connectivity index (χ1v) is 9.82. The second-order valence-electron chi connectivity index (χ2n) is 5.98. The van der Waals surface area contributed by atoms with Gasteiger partial charge in [0, 0.05) is 39.4 Å². The summed E-state index contributed by atoms with van der Waals surface area (Å²) in [6.07, 6.45) is 6.41. The van der Waals surface area contributed by atoms with Crippen molar-refractivity contribution < 1.29 is 4.79 Å². The normalized spacial score (nSPS) is 15.0. The first kappa shape index (κ1) is 21.9. The number of nitrogens with two attached hydrogens (primary N) is 3. The van der Waals surface area contributed by atoms with Crippen LogP contribution in [0.4, 0.5) is 10.7 Å². The van der Waals surface area contributed by atoms with E-state index in [1.807, 2.05) is 32.9 Å². The van der Waals surface area contributed by atoms with E-state index in [-0.39, 0.29) is 0 Å². The first-order chi connectivity index (χ1) is 12.2. The number of amides is 1. The molecule has 1 aromatic heterocycles. The zero-order valence-electron chi connectivity index (χ0n) is 15.6. The highest BCUT2D eigenvalue weighted by Gasteiger charge is 2.25. The third-order valence-corrected chi connectivity index (χ3v) is 5.91. The number of rotatable bonds is 6. The zero-order valence-corrected chi connectivity index (χ0v) is 17.3. The Morgan fingerprint density at radius 2 is 1.96 bits per heavy atom. The lowest BCUT2D eigenvalue weighted by atomic mass is 10.1. The summed E-state index contributed by atoms with van der Waals surface area (Å²) in [5, 5.41) is 1.27. The van der Waals surface area contributed by atoms with Gasteiger partial charge in [-0.25, -0.2) is 0 Å². The standard InChI is InChI=1S/C10H13NOS.C9H15N3S/c1-3-4-5-9(2)13-10-6-11(7-10)8-12;1-4(5(2)10)7-8(11)6(3)13-9(7)12/h3-5,8,10H,1-2,6-7H2;10-12H2,1-3H3/b2*5-4-. The summed E-state index contributed by atoms with van der Waals surface area (Å²) in [6.45, 7) is 14.9. The summed E-state index contributed by atoms with van der Waals surface area (Å²) in [5.41, 5.74) is 20.8. The molecule has 7 heteroatoms. The SMILES string of the molecule is C/C(N)=C(\C)c1c(N)sc(C)c1N.C=C/C=C\C(=C)SC1CN(C=O)C1. The van der Waals surface area contributed by atoms with Crippen LogP contribution in [0.1, 0.15) is 24.3 Å². The summed E-state index contributed by atoms with van der Waals surface area (Å²) >= 11 is 3.22. The average molecular weight is 393 g/mol. The van der Waals surface area contributed by atoms with Crippen molar-refractivity contribution in [3.05, 3.63) is 52.4 Å². The van der Waals surface area contributed by atoms with Crippen molar-refractivity contribution in [2.24, 2.45) is 5.73 Å². The Labute approximate surface area is 164 Å². The highest BCUT2D eigenvalue weighted by atomic mass is 32.2. The quantitative estimate of drug-likeness (QED) is 0.506. The second kappa shape index (κ2) is 10.1. The van der Waals surface area contributed by atoms with Gasteiger partial charge in [-0.15, -0.1) is 23.1 Å². The smallest absolute Gasteiger partial charge is 0.209 e. The minimum absolute atomic E-state index is 0.521. The second-order valence-corrected chi connectivity index (χ2v) is 8.66. The summed E-state index contributed by atoms with van der Waals surface area (Å²) in [5.74, 6) is 0. The molecule has 0 saturated carbocycles. The van der Waals surface area contributed by atoms with Crippen LogP contribution < -0.4 is 17.2 Å². The number of thioether (sulfide) groups is 1. The van der Waals surface area contributed by atoms with E-state index < -0.39 is 0 Å². The lowest BCUT2D eigenvalue weighted by Crippen LogP contribution is -2.47. The Morgan fingerprint density at radius 1 is 1.35 bits per heavy atom. The molecule has 1 aliphatic heterocycles. The van der Waals surface area contributed by atoms with Crippen LogP contribution >= 0.6 is 23.1 Å². The minimum Gasteiger partial charge on any atom is -0.402 e. The van der Waals surface area contributed by atoms with Crippen molar-refractivity contribution in [2.45, 2.75) is 26.0 Å². The van der Waals surface area contributed by atoms with Crippen molar-refractivity contribution >= 4 is 45.8 Å². The van der Waals surface area contributed by atoms with Gasteiger partial charge in [-0.05, 0) is 32.4 Å². The van der Waals surface area contributed by atoms with Gasteiger partial charge in [0.25, 0.3) is 0 Å². The highest BCUT2D eigenvalue weighted by molar-refractivity contribution is 8.03. The Morgan fingerprint density at radius 3 is 2.38 bits per heavy atom. The van der Waals surface area contributed by atoms with E-state index in [9.17, 15) is 4.79 Å². The van der Waals surface area contributed by atoms with Crippen LogP contribution in [0.3, 0.4) is 0 Å². The van der Waals surface area contributed by atoms with Crippen molar-refractivity contribution in [1.82, 2.24) is 4.90 Å². The number of aryl methyl sites for hydroxylation is 1. The van der Waals surface area contributed by atoms with Gasteiger partial charge >= 0.3 is 0 Å². The molecule has 2 rings (SSSR count). The van der Waals surface area contributed by atoms with Gasteiger partial charge in [0.15, 0.2) is 0 Å². The Hall–Kier alpha value is -2.12. The topological polar surface area (TPSA) is 98.4 Å². The molecule has 0 unspecified atom stereocenters. The molecule has 5 nitrogen and oxygen atoms in total. The van der Waals surface area contributed by atoms with Crippen LogP contribution in [0.5, 0.6) is 0 Å². The first-order valence-electron chi connectivity index (χ1n) is 8.12. The predicted octanol–water partition coefficient (Wildman–Crippen LogP) is 3.75. The third kappa shape index (κ3) is 6.00. The fourth-order valence-corrected chi connectivity index (χ4v) is 4.25. The van der Waals surface area contributed by atoms with Crippen LogP contribution in [0.15, 0.2) is 42.0 Å². The molecule has 0 atom stereocenters. The van der Waals surface area contributed by atoms with Crippen LogP contribution in [0, 0.1) is 6.92 Å². The zero-order chi connectivity index (χ0) is 19.9. The van der Waals surface area contributed by atoms with Crippen molar-refractivity contribution in [3.8, 4) is 0 Å². The molecule has 2 heterocycles. The molecule has 1 saturated heterocycles. The molecule has 1 fully saturated rings. The van der Waals surface area contributed by atoms with Gasteiger partial charge in [0.2, 0.25) is 6.41 Å². The molecule has 142 valence electrons. The summed E-state index contributed by atoms with van der Waals surface area (Å²) in [7, 11) is 0. The van der Waals surface area contributed by atoms with Crippen molar-refractivity contribution in [2.75, 3.05) is 24.6 Å². The molecule has 1 aliphatic rings. The van der Waals surface area contributed by atoms with E-state index in [2.05, 4.69) is 13.2 Å². The predicted molar refractivity (Wildman–Crippen MR) is 118 cm³/mol. The fraction of sp³-hybridized carbons (Fsp3) is 0.316. The van der Waals surface area contributed by atoms with Gasteiger partial charge in [0.1, 0.15) is 0 Å². The van der Waals surface area contributed by atoms with Gasteiger partial charge in [-0.2, -0.15) is 0 Å². The fourth-order valence-electron chi connectivity index (χ4n) is 2.22. The molecule has 0 bridgehead atoms. The molecule has 1 amide bonds. The van der Waals surface area contributed by atoms with E-state index in [4.69, 9.17) is 17.2 Å². The minimum atomic E-state index is 0.521. The number of thiophene rings is 1. The molecular weight excluding hydrogens is 364 g/mol. The van der Waals surface area contributed by atoms with E-state index in [1.54, 1.807) is 22.7 Å². The van der Waals surface area contributed by atoms with Crippen LogP contribution in [-0.2, 0) is 4.79 Å². The highest BCUT2D eigenvalue weighted by Crippen LogP contribution is 2.37. The number of carbonyl (C=O) groups excluding carboxylic acids is 1. The van der Waals surface area contributed by atoms with Gasteiger partial charge in [-0.1, -0.05) is 25.3 Å². The lowest BCUT2D eigenvalue weighted by molar-refractivity contribution is -0.120. The Bertz CT molecular complexity index is 724. The number of likely N-dealkylation sites (tertiary alicyclic amines) is 1.